The van der Waals surface area contributed by atoms with E-state index in [2.05, 4.69) is 30.3 Å². The number of nitrogens with one attached hydrogen (secondary N) is 1. The Kier molecular flexibility index (Phi) is 3.99. The molecule has 0 aliphatic rings. The van der Waals surface area contributed by atoms with E-state index in [0.717, 1.165) is 18.0 Å². The van der Waals surface area contributed by atoms with Crippen molar-refractivity contribution in [1.29, 1.82) is 0 Å². The van der Waals surface area contributed by atoms with Crippen LogP contribution in [0.25, 0.3) is 0 Å². The molecule has 1 N–H and O–H groups in total. The molecule has 1 aromatic carbocycles. The summed E-state index contributed by atoms with van der Waals surface area (Å²) in [6.45, 7) is 5.12. The Bertz CT molecular complexity index is 505. The van der Waals surface area contributed by atoms with Crippen LogP contribution in [0.15, 0.2) is 36.7 Å². The van der Waals surface area contributed by atoms with Crippen molar-refractivity contribution in [2.24, 2.45) is 7.05 Å². The number of ether oxygens (including phenoxy) is 1. The Balaban J connectivity index is 2.02. The van der Waals surface area contributed by atoms with E-state index in [1.54, 1.807) is 10.9 Å². The smallest absolute Gasteiger partial charge is 0.165 e. The minimum absolute atomic E-state index is 0.480. The molecule has 1 heterocycles. The molecule has 0 amide bonds. The van der Waals surface area contributed by atoms with Crippen molar-refractivity contribution in [2.45, 2.75) is 26.4 Å². The summed E-state index contributed by atoms with van der Waals surface area (Å²) in [6, 6.07) is 8.57. The van der Waals surface area contributed by atoms with Gasteiger partial charge in [-0.15, -0.1) is 0 Å². The van der Waals surface area contributed by atoms with Gasteiger partial charge in [0.15, 0.2) is 5.75 Å². The van der Waals surface area contributed by atoms with Crippen molar-refractivity contribution in [3.05, 3.63) is 42.2 Å². The highest BCUT2D eigenvalue weighted by atomic mass is 16.5. The summed E-state index contributed by atoms with van der Waals surface area (Å²) >= 11 is 0. The first-order chi connectivity index (χ1) is 8.63. The van der Waals surface area contributed by atoms with Gasteiger partial charge in [-0.1, -0.05) is 26.0 Å². The first-order valence-corrected chi connectivity index (χ1v) is 6.12. The summed E-state index contributed by atoms with van der Waals surface area (Å²) in [6.07, 6.45) is 3.55. The topological polar surface area (TPSA) is 39.1 Å². The van der Waals surface area contributed by atoms with E-state index in [4.69, 9.17) is 4.74 Å². The number of benzene rings is 1. The molecule has 0 fully saturated rings. The van der Waals surface area contributed by atoms with Crippen molar-refractivity contribution in [3.8, 4) is 11.5 Å². The van der Waals surface area contributed by atoms with Crippen LogP contribution in [-0.2, 0) is 13.6 Å². The van der Waals surface area contributed by atoms with Crippen LogP contribution < -0.4 is 10.1 Å². The predicted octanol–water partition coefficient (Wildman–Crippen LogP) is 2.71. The molecule has 1 aromatic heterocycles. The second kappa shape index (κ2) is 5.69. The van der Waals surface area contributed by atoms with Gasteiger partial charge in [0.05, 0.1) is 12.4 Å². The number of hydrogen-bond acceptors (Lipinski definition) is 3. The van der Waals surface area contributed by atoms with E-state index in [-0.39, 0.29) is 0 Å². The van der Waals surface area contributed by atoms with Crippen molar-refractivity contribution < 1.29 is 4.74 Å². The molecule has 0 bridgehead atoms. The maximum atomic E-state index is 5.74. The van der Waals surface area contributed by atoms with Gasteiger partial charge in [-0.05, 0) is 17.7 Å². The Morgan fingerprint density at radius 1 is 1.33 bits per heavy atom. The highest BCUT2D eigenvalue weighted by Gasteiger charge is 2.01. The minimum atomic E-state index is 0.480. The quantitative estimate of drug-likeness (QED) is 0.880. The van der Waals surface area contributed by atoms with Crippen LogP contribution in [0.2, 0.25) is 0 Å². The van der Waals surface area contributed by atoms with Gasteiger partial charge in [-0.25, -0.2) is 0 Å². The Hall–Kier alpha value is -1.81. The molecule has 0 saturated heterocycles. The largest absolute Gasteiger partial charge is 0.454 e. The molecule has 0 unspecified atom stereocenters. The van der Waals surface area contributed by atoms with Gasteiger partial charge in [0, 0.05) is 19.6 Å². The summed E-state index contributed by atoms with van der Waals surface area (Å²) in [5.41, 5.74) is 1.21. The molecule has 0 aliphatic carbocycles. The molecule has 0 radical (unpaired) electrons. The number of hydrogen-bond donors (Lipinski definition) is 1. The average molecular weight is 245 g/mol. The second-order valence-electron chi connectivity index (χ2n) is 4.63. The van der Waals surface area contributed by atoms with Gasteiger partial charge in [0.25, 0.3) is 0 Å². The molecule has 4 nitrogen and oxygen atoms in total. The lowest BCUT2D eigenvalue weighted by Gasteiger charge is -2.09. The number of aryl methyl sites for hydroxylation is 1. The van der Waals surface area contributed by atoms with Crippen molar-refractivity contribution in [1.82, 2.24) is 15.1 Å². The lowest BCUT2D eigenvalue weighted by molar-refractivity contribution is 0.480. The normalized spacial score (nSPS) is 10.9. The van der Waals surface area contributed by atoms with Gasteiger partial charge in [0.2, 0.25) is 0 Å². The van der Waals surface area contributed by atoms with Crippen LogP contribution in [0.1, 0.15) is 19.4 Å². The molecule has 4 heteroatoms. The summed E-state index contributed by atoms with van der Waals surface area (Å²) in [5.74, 6) is 1.59. The monoisotopic (exact) mass is 245 g/mol. The van der Waals surface area contributed by atoms with Crippen molar-refractivity contribution >= 4 is 0 Å². The van der Waals surface area contributed by atoms with E-state index in [1.807, 2.05) is 31.4 Å². The molecule has 18 heavy (non-hydrogen) atoms. The summed E-state index contributed by atoms with van der Waals surface area (Å²) in [4.78, 5) is 0. The summed E-state index contributed by atoms with van der Waals surface area (Å²) in [7, 11) is 1.87. The molecule has 0 saturated carbocycles. The van der Waals surface area contributed by atoms with Crippen LogP contribution in [0, 0.1) is 0 Å². The zero-order valence-electron chi connectivity index (χ0n) is 11.1. The van der Waals surface area contributed by atoms with Crippen LogP contribution in [-0.4, -0.2) is 15.8 Å². The molecular formula is C14H19N3O. The third kappa shape index (κ3) is 3.60. The fraction of sp³-hybridized carbons (Fsp3) is 0.357. The average Bonchev–Trinajstić information content (AvgIpc) is 2.73. The maximum Gasteiger partial charge on any atom is 0.165 e. The standard InChI is InChI=1S/C14H19N3O/c1-11(2)15-8-12-5-4-6-13(7-12)18-14-9-16-17(3)10-14/h4-7,9-11,15H,8H2,1-3H3. The van der Waals surface area contributed by atoms with Gasteiger partial charge in [-0.2, -0.15) is 5.10 Å². The van der Waals surface area contributed by atoms with Crippen molar-refractivity contribution in [3.63, 3.8) is 0 Å². The third-order valence-electron chi connectivity index (χ3n) is 2.53. The maximum absolute atomic E-state index is 5.74. The highest BCUT2D eigenvalue weighted by Crippen LogP contribution is 2.21. The fourth-order valence-electron chi connectivity index (χ4n) is 1.63. The summed E-state index contributed by atoms with van der Waals surface area (Å²) < 4.78 is 7.46. The van der Waals surface area contributed by atoms with E-state index >= 15 is 0 Å². The van der Waals surface area contributed by atoms with Gasteiger partial charge in [0.1, 0.15) is 5.75 Å². The lowest BCUT2D eigenvalue weighted by atomic mass is 10.2. The zero-order valence-corrected chi connectivity index (χ0v) is 11.1. The predicted molar refractivity (Wildman–Crippen MR) is 71.7 cm³/mol. The minimum Gasteiger partial charge on any atom is -0.454 e. The molecule has 0 atom stereocenters. The molecule has 96 valence electrons. The van der Waals surface area contributed by atoms with E-state index in [0.29, 0.717) is 6.04 Å². The number of nitrogens with zero attached hydrogens (tertiary/aromatic N) is 2. The second-order valence-corrected chi connectivity index (χ2v) is 4.63. The highest BCUT2D eigenvalue weighted by molar-refractivity contribution is 5.32. The van der Waals surface area contributed by atoms with Gasteiger partial charge >= 0.3 is 0 Å². The Morgan fingerprint density at radius 2 is 2.17 bits per heavy atom. The molecule has 0 spiro atoms. The SMILES string of the molecule is CC(C)NCc1cccc(Oc2cnn(C)c2)c1. The van der Waals surface area contributed by atoms with Crippen LogP contribution in [0.5, 0.6) is 11.5 Å². The first-order valence-electron chi connectivity index (χ1n) is 6.12. The van der Waals surface area contributed by atoms with Crippen molar-refractivity contribution in [2.75, 3.05) is 0 Å². The van der Waals surface area contributed by atoms with Crippen LogP contribution in [0.3, 0.4) is 0 Å². The van der Waals surface area contributed by atoms with Crippen LogP contribution in [0.4, 0.5) is 0 Å². The Morgan fingerprint density at radius 3 is 2.83 bits per heavy atom. The third-order valence-corrected chi connectivity index (χ3v) is 2.53. The fourth-order valence-corrected chi connectivity index (χ4v) is 1.63. The Labute approximate surface area is 108 Å². The zero-order chi connectivity index (χ0) is 13.0. The van der Waals surface area contributed by atoms with E-state index in [1.165, 1.54) is 5.56 Å². The van der Waals surface area contributed by atoms with E-state index < -0.39 is 0 Å². The van der Waals surface area contributed by atoms with Gasteiger partial charge < -0.3 is 10.1 Å². The van der Waals surface area contributed by atoms with E-state index in [9.17, 15) is 0 Å². The molecule has 2 rings (SSSR count). The molecule has 2 aromatic rings. The molecular weight excluding hydrogens is 226 g/mol. The number of aromatic nitrogens is 2. The van der Waals surface area contributed by atoms with Gasteiger partial charge in [-0.3, -0.25) is 4.68 Å². The summed E-state index contributed by atoms with van der Waals surface area (Å²) in [5, 5.41) is 7.46. The molecule has 0 aliphatic heterocycles. The lowest BCUT2D eigenvalue weighted by Crippen LogP contribution is -2.21. The first kappa shape index (κ1) is 12.6. The van der Waals surface area contributed by atoms with Crippen LogP contribution >= 0.6 is 0 Å². The number of rotatable bonds is 5.